The molecule has 1 aliphatic rings. The zero-order valence-corrected chi connectivity index (χ0v) is 16.6. The molecule has 2 aromatic carbocycles. The van der Waals surface area contributed by atoms with Crippen molar-refractivity contribution in [1.82, 2.24) is 9.03 Å². The molecule has 1 heterocycles. The van der Waals surface area contributed by atoms with Gasteiger partial charge in [0, 0.05) is 40.1 Å². The number of amides is 1. The summed E-state index contributed by atoms with van der Waals surface area (Å²) < 4.78 is 18.2. The number of carbonyl (C=O) groups excluding carboxylic acids is 1. The third-order valence-corrected chi connectivity index (χ3v) is 6.39. The molecule has 2 aromatic rings. The molecule has 0 atom stereocenters. The normalized spacial score (nSPS) is 15.0. The van der Waals surface area contributed by atoms with Crippen LogP contribution in [0.2, 0.25) is 0 Å². The Bertz CT molecular complexity index is 724. The number of thioether (sulfide) groups is 1. The summed E-state index contributed by atoms with van der Waals surface area (Å²) in [6, 6.07) is 14.0. The van der Waals surface area contributed by atoms with Crippen LogP contribution in [0.15, 0.2) is 58.3 Å². The smallest absolute Gasteiger partial charge is 0.239 e. The van der Waals surface area contributed by atoms with Crippen molar-refractivity contribution in [3.8, 4) is 0 Å². The first-order chi connectivity index (χ1) is 12.7. The molecule has 1 fully saturated rings. The maximum atomic E-state index is 12.9. The second kappa shape index (κ2) is 10.2. The van der Waals surface area contributed by atoms with Gasteiger partial charge in [0.1, 0.15) is 5.82 Å². The quantitative estimate of drug-likeness (QED) is 0.671. The molecule has 138 valence electrons. The Morgan fingerprint density at radius 3 is 2.65 bits per heavy atom. The average Bonchev–Trinajstić information content (AvgIpc) is 2.64. The molecule has 0 unspecified atom stereocenters. The first-order valence-electron chi connectivity index (χ1n) is 8.25. The Balaban J connectivity index is 1.44. The van der Waals surface area contributed by atoms with Crippen molar-refractivity contribution in [2.24, 2.45) is 0 Å². The molecule has 0 spiro atoms. The van der Waals surface area contributed by atoms with E-state index in [4.69, 9.17) is 0 Å². The van der Waals surface area contributed by atoms with Crippen LogP contribution in [0.3, 0.4) is 0 Å². The highest BCUT2D eigenvalue weighted by molar-refractivity contribution is 8.00. The van der Waals surface area contributed by atoms with Gasteiger partial charge in [-0.05, 0) is 66.4 Å². The maximum Gasteiger partial charge on any atom is 0.239 e. The summed E-state index contributed by atoms with van der Waals surface area (Å²) in [5.41, 5.74) is 0.792. The molecule has 0 saturated carbocycles. The molecule has 8 heteroatoms. The minimum Gasteiger partial charge on any atom is -0.325 e. The fourth-order valence-corrected chi connectivity index (χ4v) is 5.07. The van der Waals surface area contributed by atoms with Gasteiger partial charge in [-0.15, -0.1) is 0 Å². The van der Waals surface area contributed by atoms with E-state index < -0.39 is 0 Å². The highest BCUT2D eigenvalue weighted by Crippen LogP contribution is 2.27. The molecule has 3 rings (SSSR count). The van der Waals surface area contributed by atoms with Crippen LogP contribution in [-0.2, 0) is 4.79 Å². The van der Waals surface area contributed by atoms with E-state index >= 15 is 0 Å². The molecule has 0 bridgehead atoms. The summed E-state index contributed by atoms with van der Waals surface area (Å²) in [6.45, 7) is 2.33. The van der Waals surface area contributed by atoms with Crippen LogP contribution in [0.1, 0.15) is 0 Å². The molecule has 0 aromatic heterocycles. The van der Waals surface area contributed by atoms with Crippen molar-refractivity contribution < 1.29 is 9.18 Å². The van der Waals surface area contributed by atoms with E-state index in [-0.39, 0.29) is 18.3 Å². The van der Waals surface area contributed by atoms with Crippen molar-refractivity contribution in [2.75, 3.05) is 36.5 Å². The van der Waals surface area contributed by atoms with Crippen molar-refractivity contribution in [1.29, 1.82) is 0 Å². The second-order valence-electron chi connectivity index (χ2n) is 5.59. The topological polar surface area (TPSA) is 44.4 Å². The van der Waals surface area contributed by atoms with Gasteiger partial charge in [-0.25, -0.2) is 8.70 Å². The summed E-state index contributed by atoms with van der Waals surface area (Å²) >= 11 is 5.03. The van der Waals surface area contributed by atoms with Gasteiger partial charge in [0.05, 0.1) is 6.54 Å². The van der Waals surface area contributed by atoms with Crippen molar-refractivity contribution in [2.45, 2.75) is 9.79 Å². The first kappa shape index (κ1) is 19.6. The SMILES string of the molecule is O=C(CNSc1ccc(F)cc1)Nc1cccc(SN2CCSCC2)c1. The van der Waals surface area contributed by atoms with Crippen LogP contribution in [-0.4, -0.2) is 41.4 Å². The first-order valence-corrected chi connectivity index (χ1v) is 11.0. The zero-order chi connectivity index (χ0) is 18.2. The molecule has 1 amide bonds. The molecule has 0 radical (unpaired) electrons. The number of anilines is 1. The molecule has 1 saturated heterocycles. The van der Waals surface area contributed by atoms with Crippen molar-refractivity contribution in [3.05, 3.63) is 54.3 Å². The molecule has 0 aliphatic carbocycles. The molecular formula is C18H20FN3OS3. The Hall–Kier alpha value is -1.19. The van der Waals surface area contributed by atoms with E-state index in [0.29, 0.717) is 0 Å². The van der Waals surface area contributed by atoms with Gasteiger partial charge in [-0.1, -0.05) is 6.07 Å². The predicted molar refractivity (Wildman–Crippen MR) is 110 cm³/mol. The summed E-state index contributed by atoms with van der Waals surface area (Å²) in [7, 11) is 0. The highest BCUT2D eigenvalue weighted by atomic mass is 32.2. The zero-order valence-electron chi connectivity index (χ0n) is 14.1. The Labute approximate surface area is 165 Å². The van der Waals surface area contributed by atoms with Gasteiger partial charge in [0.25, 0.3) is 0 Å². The number of carbonyl (C=O) groups is 1. The van der Waals surface area contributed by atoms with Gasteiger partial charge < -0.3 is 5.32 Å². The van der Waals surface area contributed by atoms with Crippen LogP contribution < -0.4 is 10.0 Å². The van der Waals surface area contributed by atoms with Crippen LogP contribution in [0, 0.1) is 5.82 Å². The number of halogens is 1. The molecular weight excluding hydrogens is 389 g/mol. The van der Waals surface area contributed by atoms with E-state index in [0.717, 1.165) is 28.6 Å². The largest absolute Gasteiger partial charge is 0.325 e. The van der Waals surface area contributed by atoms with Gasteiger partial charge in [-0.3, -0.25) is 9.52 Å². The lowest BCUT2D eigenvalue weighted by atomic mass is 10.3. The predicted octanol–water partition coefficient (Wildman–Crippen LogP) is 4.12. The summed E-state index contributed by atoms with van der Waals surface area (Å²) in [5.74, 6) is 1.95. The van der Waals surface area contributed by atoms with Gasteiger partial charge in [0.2, 0.25) is 5.91 Å². The van der Waals surface area contributed by atoms with E-state index in [1.165, 1.54) is 35.6 Å². The van der Waals surface area contributed by atoms with E-state index in [2.05, 4.69) is 20.4 Å². The minimum atomic E-state index is -0.270. The fourth-order valence-electron chi connectivity index (χ4n) is 2.31. The Kier molecular flexibility index (Phi) is 7.69. The summed E-state index contributed by atoms with van der Waals surface area (Å²) in [5, 5.41) is 2.90. The lowest BCUT2D eigenvalue weighted by Gasteiger charge is -2.24. The number of benzene rings is 2. The van der Waals surface area contributed by atoms with Crippen LogP contribution in [0.25, 0.3) is 0 Å². The van der Waals surface area contributed by atoms with E-state index in [1.807, 2.05) is 30.0 Å². The van der Waals surface area contributed by atoms with Crippen molar-refractivity contribution in [3.63, 3.8) is 0 Å². The molecule has 1 aliphatic heterocycles. The number of hydrogen-bond donors (Lipinski definition) is 2. The van der Waals surface area contributed by atoms with Gasteiger partial charge >= 0.3 is 0 Å². The van der Waals surface area contributed by atoms with Crippen LogP contribution in [0.4, 0.5) is 10.1 Å². The Morgan fingerprint density at radius 1 is 1.12 bits per heavy atom. The van der Waals surface area contributed by atoms with Gasteiger partial charge in [0.15, 0.2) is 0 Å². The standard InChI is InChI=1S/C18H20FN3OS3/c19-14-4-6-16(7-5-14)25-20-13-18(23)21-15-2-1-3-17(12-15)26-22-8-10-24-11-9-22/h1-7,12,20H,8-11,13H2,(H,21,23). The number of nitrogens with zero attached hydrogens (tertiary/aromatic N) is 1. The monoisotopic (exact) mass is 409 g/mol. The summed E-state index contributed by atoms with van der Waals surface area (Å²) in [4.78, 5) is 14.1. The number of rotatable bonds is 7. The lowest BCUT2D eigenvalue weighted by molar-refractivity contribution is -0.115. The third-order valence-electron chi connectivity index (χ3n) is 3.56. The molecule has 4 nitrogen and oxygen atoms in total. The lowest BCUT2D eigenvalue weighted by Crippen LogP contribution is -2.26. The Morgan fingerprint density at radius 2 is 1.88 bits per heavy atom. The highest BCUT2D eigenvalue weighted by Gasteiger charge is 2.12. The van der Waals surface area contributed by atoms with E-state index in [1.54, 1.807) is 24.1 Å². The molecule has 26 heavy (non-hydrogen) atoms. The summed E-state index contributed by atoms with van der Waals surface area (Å²) in [6.07, 6.45) is 0. The minimum absolute atomic E-state index is 0.115. The van der Waals surface area contributed by atoms with E-state index in [9.17, 15) is 9.18 Å². The molecule has 2 N–H and O–H groups in total. The fraction of sp³-hybridized carbons (Fsp3) is 0.278. The maximum absolute atomic E-state index is 12.9. The van der Waals surface area contributed by atoms with Crippen LogP contribution >= 0.6 is 35.7 Å². The number of nitrogens with one attached hydrogen (secondary N) is 2. The van der Waals surface area contributed by atoms with Crippen molar-refractivity contribution >= 4 is 47.3 Å². The number of hydrogen-bond acceptors (Lipinski definition) is 6. The third kappa shape index (κ3) is 6.51. The second-order valence-corrected chi connectivity index (χ2v) is 8.95. The van der Waals surface area contributed by atoms with Gasteiger partial charge in [-0.2, -0.15) is 11.8 Å². The van der Waals surface area contributed by atoms with Crippen LogP contribution in [0.5, 0.6) is 0 Å². The average molecular weight is 410 g/mol.